The van der Waals surface area contributed by atoms with Crippen LogP contribution in [0.2, 0.25) is 0 Å². The van der Waals surface area contributed by atoms with Gasteiger partial charge in [-0.1, -0.05) is 19.3 Å². The van der Waals surface area contributed by atoms with Crippen LogP contribution in [0.15, 0.2) is 0 Å². The van der Waals surface area contributed by atoms with Gasteiger partial charge in [0.2, 0.25) is 11.8 Å². The minimum Gasteiger partial charge on any atom is -0.305 e. The van der Waals surface area contributed by atoms with Crippen molar-refractivity contribution in [2.24, 2.45) is 0 Å². The van der Waals surface area contributed by atoms with Crippen LogP contribution in [0, 0.1) is 0 Å². The summed E-state index contributed by atoms with van der Waals surface area (Å²) in [7, 11) is 0. The summed E-state index contributed by atoms with van der Waals surface area (Å²) < 4.78 is 0. The van der Waals surface area contributed by atoms with Gasteiger partial charge in [-0.3, -0.25) is 14.5 Å². The maximum absolute atomic E-state index is 12.3. The molecule has 0 spiro atoms. The van der Waals surface area contributed by atoms with E-state index >= 15 is 0 Å². The molecule has 1 aliphatic carbocycles. The van der Waals surface area contributed by atoms with Gasteiger partial charge in [-0.05, 0) is 44.2 Å². The van der Waals surface area contributed by atoms with Crippen molar-refractivity contribution in [1.82, 2.24) is 10.2 Å². The third-order valence-electron chi connectivity index (χ3n) is 4.29. The van der Waals surface area contributed by atoms with Crippen molar-refractivity contribution in [1.29, 1.82) is 0 Å². The van der Waals surface area contributed by atoms with E-state index in [1.807, 2.05) is 11.8 Å². The minimum atomic E-state index is -0.261. The molecule has 0 aromatic carbocycles. The first-order chi connectivity index (χ1) is 9.74. The average molecular weight is 298 g/mol. The molecule has 1 aliphatic heterocycles. The molecule has 1 N–H and O–H groups in total. The molecule has 0 bridgehead atoms. The first-order valence-corrected chi connectivity index (χ1v) is 9.21. The van der Waals surface area contributed by atoms with E-state index in [1.165, 1.54) is 18.6 Å². The number of nitrogens with zero attached hydrogens (tertiary/aromatic N) is 1. The van der Waals surface area contributed by atoms with E-state index < -0.39 is 0 Å². The fourth-order valence-electron chi connectivity index (χ4n) is 3.18. The van der Waals surface area contributed by atoms with Crippen LogP contribution in [0.4, 0.5) is 0 Å². The first kappa shape index (κ1) is 15.8. The molecule has 2 fully saturated rings. The summed E-state index contributed by atoms with van der Waals surface area (Å²) in [5.41, 5.74) is 0. The zero-order chi connectivity index (χ0) is 14.4. The topological polar surface area (TPSA) is 49.4 Å². The van der Waals surface area contributed by atoms with Crippen LogP contribution < -0.4 is 5.32 Å². The molecule has 0 aromatic rings. The van der Waals surface area contributed by atoms with Gasteiger partial charge in [0.15, 0.2) is 0 Å². The van der Waals surface area contributed by atoms with E-state index in [-0.39, 0.29) is 23.9 Å². The smallest absolute Gasteiger partial charge is 0.247 e. The molecular formula is C15H26N2O2S. The van der Waals surface area contributed by atoms with Gasteiger partial charge >= 0.3 is 0 Å². The number of nitrogens with one attached hydrogen (secondary N) is 1. The third kappa shape index (κ3) is 3.98. The predicted molar refractivity (Wildman–Crippen MR) is 82.7 cm³/mol. The van der Waals surface area contributed by atoms with Gasteiger partial charge < -0.3 is 5.32 Å². The summed E-state index contributed by atoms with van der Waals surface area (Å²) in [4.78, 5) is 25.9. The standard InChI is InChI=1S/C15H26N2O2S/c1-20-10-6-2-5-9-16-13-11-14(18)17(15(13)19)12-7-3-4-8-12/h12-13,16H,2-11H2,1H3. The minimum absolute atomic E-state index is 0.0195. The Morgan fingerprint density at radius 2 is 1.95 bits per heavy atom. The summed E-state index contributed by atoms with van der Waals surface area (Å²) >= 11 is 1.87. The van der Waals surface area contributed by atoms with Gasteiger partial charge in [-0.2, -0.15) is 11.8 Å². The van der Waals surface area contributed by atoms with E-state index in [2.05, 4.69) is 11.6 Å². The van der Waals surface area contributed by atoms with Crippen LogP contribution in [0.25, 0.3) is 0 Å². The van der Waals surface area contributed by atoms with E-state index in [0.717, 1.165) is 38.6 Å². The predicted octanol–water partition coefficient (Wildman–Crippen LogP) is 2.18. The van der Waals surface area contributed by atoms with Gasteiger partial charge in [0.1, 0.15) is 0 Å². The highest BCUT2D eigenvalue weighted by Crippen LogP contribution is 2.28. The number of likely N-dealkylation sites (tertiary alicyclic amines) is 1. The van der Waals surface area contributed by atoms with Gasteiger partial charge in [0, 0.05) is 6.04 Å². The fourth-order valence-corrected chi connectivity index (χ4v) is 3.67. The molecule has 0 aromatic heterocycles. The lowest BCUT2D eigenvalue weighted by molar-refractivity contribution is -0.141. The molecule has 1 unspecified atom stereocenters. The van der Waals surface area contributed by atoms with Crippen molar-refractivity contribution < 1.29 is 9.59 Å². The quantitative estimate of drug-likeness (QED) is 0.551. The van der Waals surface area contributed by atoms with Crippen LogP contribution >= 0.6 is 11.8 Å². The van der Waals surface area contributed by atoms with E-state index in [4.69, 9.17) is 0 Å². The van der Waals surface area contributed by atoms with Crippen molar-refractivity contribution in [2.75, 3.05) is 18.6 Å². The molecule has 2 rings (SSSR count). The molecule has 1 saturated heterocycles. The van der Waals surface area contributed by atoms with Crippen LogP contribution in [-0.4, -0.2) is 47.4 Å². The second-order valence-electron chi connectivity index (χ2n) is 5.80. The summed E-state index contributed by atoms with van der Waals surface area (Å²) in [6, 6.07) is -0.0768. The summed E-state index contributed by atoms with van der Waals surface area (Å²) in [5, 5.41) is 3.27. The largest absolute Gasteiger partial charge is 0.305 e. The van der Waals surface area contributed by atoms with E-state index in [1.54, 1.807) is 4.90 Å². The number of hydrogen-bond donors (Lipinski definition) is 1. The number of imide groups is 1. The monoisotopic (exact) mass is 298 g/mol. The van der Waals surface area contributed by atoms with Gasteiger partial charge in [-0.15, -0.1) is 0 Å². The van der Waals surface area contributed by atoms with Gasteiger partial charge in [0.05, 0.1) is 12.5 Å². The van der Waals surface area contributed by atoms with Crippen molar-refractivity contribution in [2.45, 2.75) is 63.5 Å². The lowest BCUT2D eigenvalue weighted by Gasteiger charge is -2.22. The van der Waals surface area contributed by atoms with Crippen molar-refractivity contribution in [3.63, 3.8) is 0 Å². The Hall–Kier alpha value is -0.550. The highest BCUT2D eigenvalue weighted by atomic mass is 32.2. The highest BCUT2D eigenvalue weighted by Gasteiger charge is 2.42. The van der Waals surface area contributed by atoms with Crippen molar-refractivity contribution in [3.05, 3.63) is 0 Å². The Balaban J connectivity index is 1.71. The second-order valence-corrected chi connectivity index (χ2v) is 6.79. The molecule has 1 atom stereocenters. The maximum Gasteiger partial charge on any atom is 0.247 e. The molecule has 1 heterocycles. The molecule has 4 nitrogen and oxygen atoms in total. The number of thioether (sulfide) groups is 1. The highest BCUT2D eigenvalue weighted by molar-refractivity contribution is 7.98. The Morgan fingerprint density at radius 1 is 1.20 bits per heavy atom. The summed E-state index contributed by atoms with van der Waals surface area (Å²) in [6.07, 6.45) is 10.3. The lowest BCUT2D eigenvalue weighted by Crippen LogP contribution is -2.43. The molecule has 1 saturated carbocycles. The number of rotatable bonds is 8. The summed E-state index contributed by atoms with van der Waals surface area (Å²) in [5.74, 6) is 1.25. The third-order valence-corrected chi connectivity index (χ3v) is 4.99. The SMILES string of the molecule is CSCCCCCNC1CC(=O)N(C2CCCC2)C1=O. The molecule has 114 valence electrons. The van der Waals surface area contributed by atoms with Crippen LogP contribution in [0.1, 0.15) is 51.4 Å². The maximum atomic E-state index is 12.3. The number of unbranched alkanes of at least 4 members (excludes halogenated alkanes) is 2. The fraction of sp³-hybridized carbons (Fsp3) is 0.867. The molecule has 0 radical (unpaired) electrons. The Kier molecular flexibility index (Phi) is 6.36. The summed E-state index contributed by atoms with van der Waals surface area (Å²) in [6.45, 7) is 0.844. The average Bonchev–Trinajstić information content (AvgIpc) is 3.03. The number of carbonyl (C=O) groups is 2. The zero-order valence-electron chi connectivity index (χ0n) is 12.4. The van der Waals surface area contributed by atoms with Gasteiger partial charge in [0.25, 0.3) is 0 Å². The van der Waals surface area contributed by atoms with Crippen molar-refractivity contribution >= 4 is 23.6 Å². The van der Waals surface area contributed by atoms with Crippen molar-refractivity contribution in [3.8, 4) is 0 Å². The van der Waals surface area contributed by atoms with Crippen LogP contribution in [0.3, 0.4) is 0 Å². The Labute approximate surface area is 126 Å². The van der Waals surface area contributed by atoms with Crippen LogP contribution in [-0.2, 0) is 9.59 Å². The lowest BCUT2D eigenvalue weighted by atomic mass is 10.2. The number of amides is 2. The van der Waals surface area contributed by atoms with E-state index in [0.29, 0.717) is 6.42 Å². The Morgan fingerprint density at radius 3 is 2.65 bits per heavy atom. The molecule has 2 aliphatic rings. The number of hydrogen-bond acceptors (Lipinski definition) is 4. The normalized spacial score (nSPS) is 24.1. The molecule has 2 amide bonds. The number of carbonyl (C=O) groups excluding carboxylic acids is 2. The van der Waals surface area contributed by atoms with E-state index in [9.17, 15) is 9.59 Å². The second kappa shape index (κ2) is 8.03. The molecule has 20 heavy (non-hydrogen) atoms. The van der Waals surface area contributed by atoms with Gasteiger partial charge in [-0.25, -0.2) is 0 Å². The first-order valence-electron chi connectivity index (χ1n) is 7.82. The Bertz CT molecular complexity index is 343. The zero-order valence-corrected chi connectivity index (χ0v) is 13.2. The van der Waals surface area contributed by atoms with Crippen LogP contribution in [0.5, 0.6) is 0 Å². The molecule has 5 heteroatoms. The molecular weight excluding hydrogens is 272 g/mol.